The molecule has 1 nitrogen and oxygen atoms in total. The van der Waals surface area contributed by atoms with Gasteiger partial charge in [-0.15, -0.1) is 12.4 Å². The van der Waals surface area contributed by atoms with Crippen LogP contribution in [0.25, 0.3) is 0 Å². The molecule has 0 bridgehead atoms. The average Bonchev–Trinajstić information content (AvgIpc) is 2.94. The van der Waals surface area contributed by atoms with Crippen LogP contribution < -0.4 is 5.32 Å². The van der Waals surface area contributed by atoms with E-state index in [1.54, 1.807) is 0 Å². The molecule has 0 saturated heterocycles. The Morgan fingerprint density at radius 2 is 1.80 bits per heavy atom. The first kappa shape index (κ1) is 12.4. The van der Waals surface area contributed by atoms with Crippen LogP contribution in [-0.4, -0.2) is 6.54 Å². The lowest BCUT2D eigenvalue weighted by Gasteiger charge is -2.05. The van der Waals surface area contributed by atoms with Gasteiger partial charge in [-0.2, -0.15) is 0 Å². The Hall–Kier alpha value is -0.670. The molecule has 1 aromatic carbocycles. The third-order valence-corrected chi connectivity index (χ3v) is 2.49. The summed E-state index contributed by atoms with van der Waals surface area (Å²) in [6, 6.07) is 3.96. The van der Waals surface area contributed by atoms with Gasteiger partial charge >= 0.3 is 0 Å². The molecule has 0 heterocycles. The first-order chi connectivity index (χ1) is 6.77. The second-order valence-corrected chi connectivity index (χ2v) is 3.77. The Morgan fingerprint density at radius 1 is 1.20 bits per heavy atom. The van der Waals surface area contributed by atoms with E-state index in [1.165, 1.54) is 31.0 Å². The lowest BCUT2D eigenvalue weighted by Crippen LogP contribution is -2.17. The molecule has 0 radical (unpaired) electrons. The standard InChI is InChI=1S/C11H13F2N.ClH/c12-10-2-1-3-11(13)9(10)7-14-6-8-4-5-8;/h1-3,8,14H,4-7H2;1H. The maximum absolute atomic E-state index is 13.1. The number of nitrogens with one attached hydrogen (secondary N) is 1. The molecule has 0 spiro atoms. The van der Waals surface area contributed by atoms with Crippen LogP contribution >= 0.6 is 12.4 Å². The summed E-state index contributed by atoms with van der Waals surface area (Å²) in [6.07, 6.45) is 2.49. The molecular weight excluding hydrogens is 220 g/mol. The van der Waals surface area contributed by atoms with E-state index in [-0.39, 0.29) is 24.5 Å². The van der Waals surface area contributed by atoms with Crippen molar-refractivity contribution >= 4 is 12.4 Å². The van der Waals surface area contributed by atoms with Gasteiger partial charge in [-0.3, -0.25) is 0 Å². The summed E-state index contributed by atoms with van der Waals surface area (Å²) in [4.78, 5) is 0. The monoisotopic (exact) mass is 233 g/mol. The van der Waals surface area contributed by atoms with Crippen molar-refractivity contribution in [2.75, 3.05) is 6.54 Å². The van der Waals surface area contributed by atoms with Crippen LogP contribution in [0.15, 0.2) is 18.2 Å². The molecule has 0 aliphatic heterocycles. The van der Waals surface area contributed by atoms with Crippen molar-refractivity contribution in [3.05, 3.63) is 35.4 Å². The van der Waals surface area contributed by atoms with E-state index in [1.807, 2.05) is 0 Å². The summed E-state index contributed by atoms with van der Waals surface area (Å²) < 4.78 is 26.2. The Morgan fingerprint density at radius 3 is 2.33 bits per heavy atom. The quantitative estimate of drug-likeness (QED) is 0.843. The van der Waals surface area contributed by atoms with Gasteiger partial charge in [0, 0.05) is 12.1 Å². The van der Waals surface area contributed by atoms with E-state index in [0.717, 1.165) is 12.5 Å². The van der Waals surface area contributed by atoms with Crippen LogP contribution in [0.5, 0.6) is 0 Å². The zero-order valence-corrected chi connectivity index (χ0v) is 9.12. The van der Waals surface area contributed by atoms with Crippen LogP contribution in [0.3, 0.4) is 0 Å². The van der Waals surface area contributed by atoms with Gasteiger partial charge in [0.05, 0.1) is 0 Å². The molecule has 1 aliphatic rings. The van der Waals surface area contributed by atoms with Crippen LogP contribution in [0.2, 0.25) is 0 Å². The third kappa shape index (κ3) is 3.43. The fourth-order valence-corrected chi connectivity index (χ4v) is 1.42. The molecule has 1 N–H and O–H groups in total. The molecule has 1 fully saturated rings. The molecule has 1 saturated carbocycles. The van der Waals surface area contributed by atoms with E-state index in [0.29, 0.717) is 0 Å². The summed E-state index contributed by atoms with van der Waals surface area (Å²) in [6.45, 7) is 1.16. The fourth-order valence-electron chi connectivity index (χ4n) is 1.42. The van der Waals surface area contributed by atoms with Crippen LogP contribution in [0, 0.1) is 17.6 Å². The van der Waals surface area contributed by atoms with Gasteiger partial charge in [0.25, 0.3) is 0 Å². The zero-order chi connectivity index (χ0) is 9.97. The van der Waals surface area contributed by atoms with Gasteiger partial charge < -0.3 is 5.32 Å². The molecule has 0 unspecified atom stereocenters. The predicted molar refractivity (Wildman–Crippen MR) is 58.0 cm³/mol. The molecule has 1 aromatic rings. The Kier molecular flexibility index (Phi) is 4.48. The van der Waals surface area contributed by atoms with Crippen LogP contribution in [0.4, 0.5) is 8.78 Å². The maximum Gasteiger partial charge on any atom is 0.130 e. The molecule has 2 rings (SSSR count). The fraction of sp³-hybridized carbons (Fsp3) is 0.455. The topological polar surface area (TPSA) is 12.0 Å². The minimum absolute atomic E-state index is 0. The van der Waals surface area contributed by atoms with Gasteiger partial charge in [-0.05, 0) is 37.4 Å². The summed E-state index contributed by atoms with van der Waals surface area (Å²) >= 11 is 0. The zero-order valence-electron chi connectivity index (χ0n) is 8.30. The van der Waals surface area contributed by atoms with Gasteiger partial charge in [0.15, 0.2) is 0 Å². The van der Waals surface area contributed by atoms with Crippen molar-refractivity contribution in [3.63, 3.8) is 0 Å². The van der Waals surface area contributed by atoms with Crippen molar-refractivity contribution in [2.45, 2.75) is 19.4 Å². The molecule has 15 heavy (non-hydrogen) atoms. The summed E-state index contributed by atoms with van der Waals surface area (Å²) in [5.74, 6) is -0.202. The molecular formula is C11H14ClF2N. The lowest BCUT2D eigenvalue weighted by atomic mass is 10.2. The minimum Gasteiger partial charge on any atom is -0.312 e. The minimum atomic E-state index is -0.465. The Balaban J connectivity index is 0.00000112. The number of hydrogen-bond acceptors (Lipinski definition) is 1. The maximum atomic E-state index is 13.1. The highest BCUT2D eigenvalue weighted by atomic mass is 35.5. The molecule has 0 amide bonds. The second kappa shape index (κ2) is 5.42. The number of hydrogen-bond donors (Lipinski definition) is 1. The van der Waals surface area contributed by atoms with Gasteiger partial charge in [-0.1, -0.05) is 6.07 Å². The highest BCUT2D eigenvalue weighted by molar-refractivity contribution is 5.85. The largest absolute Gasteiger partial charge is 0.312 e. The third-order valence-electron chi connectivity index (χ3n) is 2.49. The number of halogens is 3. The predicted octanol–water partition coefficient (Wildman–Crippen LogP) is 2.89. The van der Waals surface area contributed by atoms with Crippen molar-refractivity contribution < 1.29 is 8.78 Å². The van der Waals surface area contributed by atoms with E-state index in [2.05, 4.69) is 5.32 Å². The molecule has 4 heteroatoms. The SMILES string of the molecule is Cl.Fc1cccc(F)c1CNCC1CC1. The van der Waals surface area contributed by atoms with Crippen LogP contribution in [0.1, 0.15) is 18.4 Å². The summed E-state index contributed by atoms with van der Waals surface area (Å²) in [7, 11) is 0. The van der Waals surface area contributed by atoms with E-state index >= 15 is 0 Å². The second-order valence-electron chi connectivity index (χ2n) is 3.77. The molecule has 0 atom stereocenters. The van der Waals surface area contributed by atoms with Crippen LogP contribution in [-0.2, 0) is 6.54 Å². The molecule has 0 aromatic heterocycles. The first-order valence-corrected chi connectivity index (χ1v) is 4.91. The highest BCUT2D eigenvalue weighted by Crippen LogP contribution is 2.27. The van der Waals surface area contributed by atoms with E-state index < -0.39 is 11.6 Å². The van der Waals surface area contributed by atoms with E-state index in [4.69, 9.17) is 0 Å². The van der Waals surface area contributed by atoms with E-state index in [9.17, 15) is 8.78 Å². The Labute approximate surface area is 94.3 Å². The average molecular weight is 234 g/mol. The normalized spacial score (nSPS) is 14.8. The Bertz CT molecular complexity index is 306. The van der Waals surface area contributed by atoms with Crippen molar-refractivity contribution in [1.29, 1.82) is 0 Å². The summed E-state index contributed by atoms with van der Waals surface area (Å²) in [5.41, 5.74) is 0.146. The van der Waals surface area contributed by atoms with Crippen molar-refractivity contribution in [1.82, 2.24) is 5.32 Å². The number of rotatable bonds is 4. The first-order valence-electron chi connectivity index (χ1n) is 4.91. The molecule has 1 aliphatic carbocycles. The lowest BCUT2D eigenvalue weighted by molar-refractivity contribution is 0.530. The van der Waals surface area contributed by atoms with Gasteiger partial charge in [0.1, 0.15) is 11.6 Å². The summed E-state index contributed by atoms with van der Waals surface area (Å²) in [5, 5.41) is 3.07. The highest BCUT2D eigenvalue weighted by Gasteiger charge is 2.20. The van der Waals surface area contributed by atoms with Crippen molar-refractivity contribution in [2.24, 2.45) is 5.92 Å². The van der Waals surface area contributed by atoms with Crippen molar-refractivity contribution in [3.8, 4) is 0 Å². The number of benzene rings is 1. The van der Waals surface area contributed by atoms with Gasteiger partial charge in [-0.25, -0.2) is 8.78 Å². The van der Waals surface area contributed by atoms with Gasteiger partial charge in [0.2, 0.25) is 0 Å². The smallest absolute Gasteiger partial charge is 0.130 e. The molecule has 84 valence electrons.